The monoisotopic (exact) mass is 314 g/mol. The Hall–Kier alpha value is -1.63. The fourth-order valence-electron chi connectivity index (χ4n) is 3.05. The Morgan fingerprint density at radius 1 is 1.09 bits per heavy atom. The van der Waals surface area contributed by atoms with Gasteiger partial charge in [0, 0.05) is 16.8 Å². The third kappa shape index (κ3) is 3.09. The zero-order chi connectivity index (χ0) is 16.3. The number of aliphatic hydroxyl groups is 1. The largest absolute Gasteiger partial charge is 0.396 e. The zero-order valence-corrected chi connectivity index (χ0v) is 14.4. The van der Waals surface area contributed by atoms with E-state index in [1.165, 1.54) is 5.56 Å². The standard InChI is InChI=1S/C19H23O2P/c1-14-12-15(2)19(16(3)13-14)17(4)22(21,11-10-20)18-8-6-5-7-9-18/h5-9,12-13,20H,4,10-11H2,1-3H3. The molecule has 1 N–H and O–H groups in total. The van der Waals surface area contributed by atoms with Crippen LogP contribution in [0.4, 0.5) is 0 Å². The lowest BCUT2D eigenvalue weighted by atomic mass is 10.00. The number of benzene rings is 2. The number of rotatable bonds is 5. The first-order chi connectivity index (χ1) is 10.4. The Morgan fingerprint density at radius 3 is 2.14 bits per heavy atom. The van der Waals surface area contributed by atoms with Crippen LogP contribution >= 0.6 is 7.14 Å². The van der Waals surface area contributed by atoms with E-state index in [9.17, 15) is 9.67 Å². The molecule has 0 saturated carbocycles. The van der Waals surface area contributed by atoms with Crippen LogP contribution in [0.1, 0.15) is 22.3 Å². The lowest BCUT2D eigenvalue weighted by molar-refractivity contribution is 0.320. The van der Waals surface area contributed by atoms with E-state index >= 15 is 0 Å². The van der Waals surface area contributed by atoms with Gasteiger partial charge in [-0.15, -0.1) is 0 Å². The van der Waals surface area contributed by atoms with Crippen LogP contribution in [0.5, 0.6) is 0 Å². The van der Waals surface area contributed by atoms with Crippen LogP contribution in [0.25, 0.3) is 5.31 Å². The van der Waals surface area contributed by atoms with E-state index in [2.05, 4.69) is 25.6 Å². The van der Waals surface area contributed by atoms with Crippen LogP contribution in [0.2, 0.25) is 0 Å². The molecule has 0 heterocycles. The number of hydrogen-bond acceptors (Lipinski definition) is 2. The summed E-state index contributed by atoms with van der Waals surface area (Å²) in [6.07, 6.45) is 0.225. The van der Waals surface area contributed by atoms with Crippen molar-refractivity contribution in [2.24, 2.45) is 0 Å². The predicted octanol–water partition coefficient (Wildman–Crippen LogP) is 4.26. The minimum Gasteiger partial charge on any atom is -0.396 e. The maximum absolute atomic E-state index is 13.6. The lowest BCUT2D eigenvalue weighted by Gasteiger charge is -2.23. The highest BCUT2D eigenvalue weighted by atomic mass is 31.2. The second-order valence-corrected chi connectivity index (χ2v) is 8.73. The smallest absolute Gasteiger partial charge is 0.145 e. The molecule has 0 fully saturated rings. The van der Waals surface area contributed by atoms with Gasteiger partial charge in [-0.3, -0.25) is 0 Å². The molecule has 1 unspecified atom stereocenters. The van der Waals surface area contributed by atoms with Gasteiger partial charge < -0.3 is 9.67 Å². The van der Waals surface area contributed by atoms with Crippen LogP contribution in [0, 0.1) is 20.8 Å². The molecule has 0 aliphatic heterocycles. The van der Waals surface area contributed by atoms with Crippen LogP contribution in [-0.4, -0.2) is 17.9 Å². The fourth-order valence-corrected chi connectivity index (χ4v) is 5.53. The molecule has 1 atom stereocenters. The van der Waals surface area contributed by atoms with Crippen molar-refractivity contribution in [3.63, 3.8) is 0 Å². The average molecular weight is 314 g/mol. The van der Waals surface area contributed by atoms with Crippen molar-refractivity contribution in [1.29, 1.82) is 0 Å². The van der Waals surface area contributed by atoms with Crippen LogP contribution in [0.15, 0.2) is 49.0 Å². The summed E-state index contributed by atoms with van der Waals surface area (Å²) in [6, 6.07) is 13.5. The first kappa shape index (κ1) is 16.7. The van der Waals surface area contributed by atoms with Crippen molar-refractivity contribution >= 4 is 17.8 Å². The molecule has 22 heavy (non-hydrogen) atoms. The number of aliphatic hydroxyl groups excluding tert-OH is 1. The maximum Gasteiger partial charge on any atom is 0.145 e. The Bertz CT molecular complexity index is 709. The summed E-state index contributed by atoms with van der Waals surface area (Å²) in [7, 11) is -2.90. The van der Waals surface area contributed by atoms with E-state index in [0.717, 1.165) is 22.0 Å². The average Bonchev–Trinajstić information content (AvgIpc) is 2.47. The van der Waals surface area contributed by atoms with E-state index in [-0.39, 0.29) is 12.8 Å². The molecule has 116 valence electrons. The Balaban J connectivity index is 2.60. The van der Waals surface area contributed by atoms with Crippen molar-refractivity contribution in [2.45, 2.75) is 20.8 Å². The highest BCUT2D eigenvalue weighted by Gasteiger charge is 2.30. The Morgan fingerprint density at radius 2 is 1.64 bits per heavy atom. The SMILES string of the molecule is C=C(c1c(C)cc(C)cc1C)P(=O)(CCO)c1ccccc1. The minimum atomic E-state index is -2.90. The predicted molar refractivity (Wildman–Crippen MR) is 95.3 cm³/mol. The normalized spacial score (nSPS) is 13.6. The molecular formula is C19H23O2P. The molecule has 0 aliphatic rings. The van der Waals surface area contributed by atoms with E-state index < -0.39 is 7.14 Å². The minimum absolute atomic E-state index is 0.116. The third-order valence-corrected chi connectivity index (χ3v) is 7.05. The van der Waals surface area contributed by atoms with Gasteiger partial charge in [0.1, 0.15) is 7.14 Å². The molecule has 0 spiro atoms. The molecule has 0 amide bonds. The highest BCUT2D eigenvalue weighted by molar-refractivity contribution is 7.81. The molecule has 2 aromatic rings. The molecule has 0 radical (unpaired) electrons. The van der Waals surface area contributed by atoms with Gasteiger partial charge in [-0.2, -0.15) is 0 Å². The van der Waals surface area contributed by atoms with Gasteiger partial charge >= 0.3 is 0 Å². The van der Waals surface area contributed by atoms with Crippen LogP contribution in [0.3, 0.4) is 0 Å². The topological polar surface area (TPSA) is 37.3 Å². The molecule has 3 heteroatoms. The van der Waals surface area contributed by atoms with Crippen LogP contribution < -0.4 is 5.30 Å². The zero-order valence-electron chi connectivity index (χ0n) is 13.5. The van der Waals surface area contributed by atoms with Gasteiger partial charge in [0.25, 0.3) is 0 Å². The van der Waals surface area contributed by atoms with Gasteiger partial charge in [-0.25, -0.2) is 0 Å². The Labute approximate surface area is 132 Å². The first-order valence-corrected chi connectivity index (χ1v) is 9.32. The van der Waals surface area contributed by atoms with E-state index in [4.69, 9.17) is 0 Å². The lowest BCUT2D eigenvalue weighted by Crippen LogP contribution is -2.12. The van der Waals surface area contributed by atoms with Gasteiger partial charge in [0.15, 0.2) is 0 Å². The summed E-state index contributed by atoms with van der Waals surface area (Å²) in [5, 5.41) is 10.8. The molecule has 0 aromatic heterocycles. The Kier molecular flexibility index (Phi) is 5.05. The summed E-state index contributed by atoms with van der Waals surface area (Å²) >= 11 is 0. The van der Waals surface area contributed by atoms with Gasteiger partial charge in [0.2, 0.25) is 0 Å². The molecule has 0 saturated heterocycles. The van der Waals surface area contributed by atoms with Crippen LogP contribution in [-0.2, 0) is 4.57 Å². The van der Waals surface area contributed by atoms with Crippen molar-refractivity contribution < 1.29 is 9.67 Å². The molecular weight excluding hydrogens is 291 g/mol. The van der Waals surface area contributed by atoms with E-state index in [1.807, 2.05) is 44.2 Å². The number of aryl methyl sites for hydroxylation is 3. The van der Waals surface area contributed by atoms with Gasteiger partial charge in [0.05, 0.1) is 6.61 Å². The molecule has 2 nitrogen and oxygen atoms in total. The van der Waals surface area contributed by atoms with Gasteiger partial charge in [-0.1, -0.05) is 54.6 Å². The number of hydrogen-bond donors (Lipinski definition) is 1. The second-order valence-electron chi connectivity index (χ2n) is 5.74. The maximum atomic E-state index is 13.6. The summed E-state index contributed by atoms with van der Waals surface area (Å²) in [4.78, 5) is 0. The van der Waals surface area contributed by atoms with Crippen molar-refractivity contribution in [1.82, 2.24) is 0 Å². The molecule has 0 bridgehead atoms. The summed E-state index contributed by atoms with van der Waals surface area (Å²) < 4.78 is 13.6. The fraction of sp³-hybridized carbons (Fsp3) is 0.263. The van der Waals surface area contributed by atoms with E-state index in [0.29, 0.717) is 5.31 Å². The third-order valence-electron chi connectivity index (χ3n) is 3.99. The second kappa shape index (κ2) is 6.64. The molecule has 2 rings (SSSR count). The summed E-state index contributed by atoms with van der Waals surface area (Å²) in [5.74, 6) is 0. The summed E-state index contributed by atoms with van der Waals surface area (Å²) in [5.41, 5.74) is 4.31. The van der Waals surface area contributed by atoms with Crippen molar-refractivity contribution in [3.05, 3.63) is 71.3 Å². The first-order valence-electron chi connectivity index (χ1n) is 7.43. The van der Waals surface area contributed by atoms with Gasteiger partial charge in [-0.05, 0) is 37.5 Å². The quantitative estimate of drug-likeness (QED) is 0.837. The van der Waals surface area contributed by atoms with Crippen molar-refractivity contribution in [3.8, 4) is 0 Å². The summed E-state index contributed by atoms with van der Waals surface area (Å²) in [6.45, 7) is 10.2. The highest BCUT2D eigenvalue weighted by Crippen LogP contribution is 2.57. The molecule has 2 aromatic carbocycles. The van der Waals surface area contributed by atoms with Crippen molar-refractivity contribution in [2.75, 3.05) is 12.8 Å². The van der Waals surface area contributed by atoms with E-state index in [1.54, 1.807) is 0 Å². The molecule has 0 aliphatic carbocycles.